The van der Waals surface area contributed by atoms with Crippen LogP contribution in [0.4, 0.5) is 20.2 Å². The minimum atomic E-state index is -2.94. The second kappa shape index (κ2) is 7.52. The van der Waals surface area contributed by atoms with E-state index in [1.54, 1.807) is 26.1 Å². The number of hydrogen-bond donors (Lipinski definition) is 2. The van der Waals surface area contributed by atoms with Crippen LogP contribution in [-0.4, -0.2) is 21.5 Å². The van der Waals surface area contributed by atoms with E-state index < -0.39 is 5.66 Å². The average Bonchev–Trinajstić information content (AvgIpc) is 2.96. The molecule has 0 saturated heterocycles. The summed E-state index contributed by atoms with van der Waals surface area (Å²) in [6.45, 7) is 0.0611. The molecular formula is C19H20F2N3OP. The fraction of sp³-hybridized carbons (Fsp3) is 0.211. The summed E-state index contributed by atoms with van der Waals surface area (Å²) >= 11 is 0. The lowest BCUT2D eigenvalue weighted by atomic mass is 10.1. The van der Waals surface area contributed by atoms with Crippen molar-refractivity contribution < 1.29 is 13.9 Å². The van der Waals surface area contributed by atoms with Gasteiger partial charge in [0.1, 0.15) is 0 Å². The van der Waals surface area contributed by atoms with E-state index in [9.17, 15) is 8.78 Å². The van der Waals surface area contributed by atoms with E-state index in [1.165, 1.54) is 12.1 Å². The minimum Gasteiger partial charge on any atom is -0.396 e. The molecule has 1 atom stereocenters. The highest BCUT2D eigenvalue weighted by Crippen LogP contribution is 2.36. The van der Waals surface area contributed by atoms with Crippen LogP contribution < -0.4 is 5.32 Å². The highest BCUT2D eigenvalue weighted by molar-refractivity contribution is 7.17. The molecule has 1 aromatic heterocycles. The number of hydrogen-bond acceptors (Lipinski definition) is 3. The summed E-state index contributed by atoms with van der Waals surface area (Å²) in [5.74, 6) is 0. The number of rotatable bonds is 6. The zero-order valence-corrected chi connectivity index (χ0v) is 15.4. The maximum absolute atomic E-state index is 13.3. The molecule has 7 heteroatoms. The number of aliphatic hydroxyl groups is 1. The first-order valence-electron chi connectivity index (χ1n) is 8.16. The first-order valence-corrected chi connectivity index (χ1v) is 8.73. The summed E-state index contributed by atoms with van der Waals surface area (Å²) in [7, 11) is 3.38. The van der Waals surface area contributed by atoms with Gasteiger partial charge in [-0.2, -0.15) is 13.9 Å². The van der Waals surface area contributed by atoms with Crippen molar-refractivity contribution in [1.82, 2.24) is 9.78 Å². The number of para-hydroxylation sites is 1. The molecule has 0 aliphatic rings. The first-order chi connectivity index (χ1) is 12.4. The van der Waals surface area contributed by atoms with Gasteiger partial charge in [0.15, 0.2) is 0 Å². The molecule has 0 spiro atoms. The summed E-state index contributed by atoms with van der Waals surface area (Å²) in [4.78, 5) is 0. The zero-order chi connectivity index (χ0) is 18.7. The number of aryl methyl sites for hydroxylation is 1. The number of nitrogens with zero attached hydrogens (tertiary/aromatic N) is 2. The highest BCUT2D eigenvalue weighted by atomic mass is 31.0. The fourth-order valence-corrected chi connectivity index (χ4v) is 2.93. The molecule has 1 heterocycles. The second-order valence-corrected chi connectivity index (χ2v) is 6.71. The summed E-state index contributed by atoms with van der Waals surface area (Å²) in [5, 5.41) is 16.9. The van der Waals surface area contributed by atoms with E-state index in [0.717, 1.165) is 22.6 Å². The van der Waals surface area contributed by atoms with Crippen molar-refractivity contribution >= 4 is 20.6 Å². The van der Waals surface area contributed by atoms with Crippen LogP contribution in [0.25, 0.3) is 11.3 Å². The van der Waals surface area contributed by atoms with E-state index >= 15 is 0 Å². The lowest BCUT2D eigenvalue weighted by Gasteiger charge is -2.13. The quantitative estimate of drug-likeness (QED) is 0.632. The lowest BCUT2D eigenvalue weighted by molar-refractivity contribution is 0.104. The third-order valence-corrected chi connectivity index (χ3v) is 4.43. The Morgan fingerprint density at radius 1 is 1.15 bits per heavy atom. The lowest BCUT2D eigenvalue weighted by Crippen LogP contribution is -2.02. The Hall–Kier alpha value is -2.30. The molecular weight excluding hydrogens is 355 g/mol. The van der Waals surface area contributed by atoms with E-state index in [1.807, 2.05) is 37.4 Å². The van der Waals surface area contributed by atoms with Gasteiger partial charge in [0.2, 0.25) is 0 Å². The Balaban J connectivity index is 1.89. The van der Waals surface area contributed by atoms with Crippen LogP contribution in [0.1, 0.15) is 11.3 Å². The molecule has 2 N–H and O–H groups in total. The van der Waals surface area contributed by atoms with Crippen molar-refractivity contribution in [3.8, 4) is 11.3 Å². The van der Waals surface area contributed by atoms with Crippen LogP contribution in [0.2, 0.25) is 0 Å². The standard InChI is InChI=1S/C19H20F2N3OP/c1-24-15(10-11-25)12-18(23-24)16-4-2-3-5-17(16)22-14-8-6-13(7-9-14)19(20,21)26/h2-9,12,22,25H,10-11,26H2,1H3. The third-order valence-electron chi connectivity index (χ3n) is 4.10. The molecule has 26 heavy (non-hydrogen) atoms. The van der Waals surface area contributed by atoms with Crippen molar-refractivity contribution in [2.45, 2.75) is 12.1 Å². The highest BCUT2D eigenvalue weighted by Gasteiger charge is 2.23. The Morgan fingerprint density at radius 2 is 1.85 bits per heavy atom. The summed E-state index contributed by atoms with van der Waals surface area (Å²) in [6, 6.07) is 15.7. The normalized spacial score (nSPS) is 11.6. The first kappa shape index (κ1) is 18.5. The van der Waals surface area contributed by atoms with Gasteiger partial charge in [0.25, 0.3) is 5.66 Å². The van der Waals surface area contributed by atoms with Crippen molar-refractivity contribution in [3.05, 3.63) is 65.9 Å². The molecule has 2 aromatic carbocycles. The molecule has 0 amide bonds. The molecule has 0 aliphatic carbocycles. The van der Waals surface area contributed by atoms with Gasteiger partial charge in [-0.3, -0.25) is 4.68 Å². The number of aliphatic hydroxyl groups excluding tert-OH is 1. The second-order valence-electron chi connectivity index (χ2n) is 5.99. The van der Waals surface area contributed by atoms with Gasteiger partial charge in [-0.05, 0) is 24.3 Å². The predicted octanol–water partition coefficient (Wildman–Crippen LogP) is 4.29. The Morgan fingerprint density at radius 3 is 2.50 bits per heavy atom. The van der Waals surface area contributed by atoms with Gasteiger partial charge in [-0.1, -0.05) is 39.6 Å². The van der Waals surface area contributed by atoms with Crippen LogP contribution in [0.5, 0.6) is 0 Å². The Labute approximate surface area is 153 Å². The SMILES string of the molecule is Cn1nc(-c2ccccc2Nc2ccc(C(F)(F)P)cc2)cc1CCO. The predicted molar refractivity (Wildman–Crippen MR) is 103 cm³/mol. The van der Waals surface area contributed by atoms with Crippen LogP contribution in [0, 0.1) is 0 Å². The molecule has 3 rings (SSSR count). The maximum atomic E-state index is 13.3. The monoisotopic (exact) mass is 375 g/mol. The van der Waals surface area contributed by atoms with Crippen molar-refractivity contribution in [3.63, 3.8) is 0 Å². The average molecular weight is 375 g/mol. The van der Waals surface area contributed by atoms with Crippen LogP contribution in [0.3, 0.4) is 0 Å². The number of anilines is 2. The molecule has 4 nitrogen and oxygen atoms in total. The van der Waals surface area contributed by atoms with Crippen molar-refractivity contribution in [2.24, 2.45) is 7.05 Å². The van der Waals surface area contributed by atoms with Gasteiger partial charge in [0, 0.05) is 48.3 Å². The summed E-state index contributed by atoms with van der Waals surface area (Å²) < 4.78 is 28.4. The van der Waals surface area contributed by atoms with E-state index in [2.05, 4.69) is 10.4 Å². The molecule has 3 aromatic rings. The zero-order valence-electron chi connectivity index (χ0n) is 14.3. The molecule has 0 radical (unpaired) electrons. The van der Waals surface area contributed by atoms with E-state index in [-0.39, 0.29) is 12.2 Å². The molecule has 136 valence electrons. The Kier molecular flexibility index (Phi) is 5.35. The molecule has 0 saturated carbocycles. The number of alkyl halides is 2. The van der Waals surface area contributed by atoms with Gasteiger partial charge >= 0.3 is 0 Å². The minimum absolute atomic E-state index is 0.0558. The van der Waals surface area contributed by atoms with Gasteiger partial charge in [-0.15, -0.1) is 0 Å². The van der Waals surface area contributed by atoms with Crippen molar-refractivity contribution in [2.75, 3.05) is 11.9 Å². The third kappa shape index (κ3) is 4.09. The summed E-state index contributed by atoms with van der Waals surface area (Å²) in [6.07, 6.45) is 0.532. The van der Waals surface area contributed by atoms with Gasteiger partial charge < -0.3 is 10.4 Å². The van der Waals surface area contributed by atoms with E-state index in [0.29, 0.717) is 12.1 Å². The number of nitrogens with one attached hydrogen (secondary N) is 1. The molecule has 1 unspecified atom stereocenters. The largest absolute Gasteiger partial charge is 0.396 e. The van der Waals surface area contributed by atoms with Crippen molar-refractivity contribution in [1.29, 1.82) is 0 Å². The smallest absolute Gasteiger partial charge is 0.283 e. The van der Waals surface area contributed by atoms with E-state index in [4.69, 9.17) is 5.11 Å². The topological polar surface area (TPSA) is 50.1 Å². The molecule has 0 fully saturated rings. The van der Waals surface area contributed by atoms with Gasteiger partial charge in [-0.25, -0.2) is 0 Å². The van der Waals surface area contributed by atoms with Gasteiger partial charge in [0.05, 0.1) is 5.69 Å². The number of benzene rings is 2. The molecule has 0 bridgehead atoms. The fourth-order valence-electron chi connectivity index (χ4n) is 2.73. The number of halogens is 2. The van der Waals surface area contributed by atoms with Crippen LogP contribution in [0.15, 0.2) is 54.6 Å². The maximum Gasteiger partial charge on any atom is 0.283 e. The van der Waals surface area contributed by atoms with Crippen LogP contribution in [-0.2, 0) is 19.1 Å². The Bertz CT molecular complexity index is 889. The summed E-state index contributed by atoms with van der Waals surface area (Å²) in [5.41, 5.74) is 1.16. The van der Waals surface area contributed by atoms with Crippen LogP contribution >= 0.6 is 9.24 Å². The molecule has 0 aliphatic heterocycles. The number of aromatic nitrogens is 2.